The number of nitrogens with two attached hydrogens (primary N) is 1. The van der Waals surface area contributed by atoms with Crippen LogP contribution < -0.4 is 16.4 Å². The number of nitrogens with one attached hydrogen (secondary N) is 3. The fraction of sp³-hybridized carbons (Fsp3) is 0.829. The summed E-state index contributed by atoms with van der Waals surface area (Å²) in [6.45, 7) is 16.5. The topological polar surface area (TPSA) is 91.0 Å². The van der Waals surface area contributed by atoms with Gasteiger partial charge in [0.05, 0.1) is 6.04 Å². The van der Waals surface area contributed by atoms with Gasteiger partial charge in [-0.3, -0.25) is 0 Å². The summed E-state index contributed by atoms with van der Waals surface area (Å²) in [6, 6.07) is 0.723. The molecule has 0 radical (unpaired) electrons. The zero-order valence-electron chi connectivity index (χ0n) is 27.2. The quantitative estimate of drug-likeness (QED) is 0.149. The van der Waals surface area contributed by atoms with Crippen molar-refractivity contribution >= 4 is 12.0 Å². The summed E-state index contributed by atoms with van der Waals surface area (Å²) in [4.78, 5) is 10.5. The molecule has 5 nitrogen and oxygen atoms in total. The molecule has 1 aliphatic heterocycles. The molecule has 0 amide bonds. The van der Waals surface area contributed by atoms with Crippen LogP contribution in [-0.4, -0.2) is 44.7 Å². The van der Waals surface area contributed by atoms with Crippen LogP contribution in [0.25, 0.3) is 0 Å². The second-order valence-electron chi connectivity index (χ2n) is 13.3. The largest absolute Gasteiger partial charge is 0.333 e. The summed E-state index contributed by atoms with van der Waals surface area (Å²) in [5, 5.41) is 14.7. The number of aldehydes is 1. The van der Waals surface area contributed by atoms with E-state index in [0.717, 1.165) is 42.7 Å². The molecule has 4 fully saturated rings. The van der Waals surface area contributed by atoms with Gasteiger partial charge in [0.1, 0.15) is 6.29 Å². The summed E-state index contributed by atoms with van der Waals surface area (Å²) in [5.74, 6) is 3.23. The Kier molecular flexibility index (Phi) is 14.3. The fourth-order valence-corrected chi connectivity index (χ4v) is 9.24. The van der Waals surface area contributed by atoms with E-state index in [4.69, 9.17) is 5.41 Å². The molecule has 5 heteroatoms. The minimum absolute atomic E-state index is 0.134. The molecule has 0 spiro atoms. The van der Waals surface area contributed by atoms with Crippen molar-refractivity contribution in [1.82, 2.24) is 10.6 Å². The molecular weight excluding hydrogens is 492 g/mol. The molecule has 0 aromatic carbocycles. The van der Waals surface area contributed by atoms with E-state index >= 15 is 0 Å². The SMILES string of the molecule is C=C1C=C2CCC3C(CCC4(C)C(C(C)=N)CCC34)C2(C)CC1.CC.CN.CNCCCCC1CCC(C=O)N1. The molecular formula is C35H64N4O. The van der Waals surface area contributed by atoms with Gasteiger partial charge in [0, 0.05) is 17.7 Å². The molecule has 1 saturated heterocycles. The molecule has 5 aliphatic rings. The highest BCUT2D eigenvalue weighted by Crippen LogP contribution is 2.66. The van der Waals surface area contributed by atoms with Crippen molar-refractivity contribution in [2.75, 3.05) is 20.6 Å². The smallest absolute Gasteiger partial charge is 0.136 e. The Balaban J connectivity index is 0.000000282. The standard InChI is InChI=1S/C22H33N.C10H20N2O.C2H6.CH5N/c1-14-9-11-21(3)16(13-14)5-6-17-19-8-7-18(15(2)23)22(19,4)12-10-20(17)21;1-11-7-3-2-4-9-5-6-10(8-13)12-9;2*1-2/h13,17-20,23H,1,5-12H2,2-4H3;8-12H,2-7H2,1H3;1-2H3;2H2,1H3. The molecule has 1 heterocycles. The van der Waals surface area contributed by atoms with Gasteiger partial charge in [0.2, 0.25) is 0 Å². The van der Waals surface area contributed by atoms with Crippen molar-refractivity contribution in [3.63, 3.8) is 0 Å². The van der Waals surface area contributed by atoms with Crippen LogP contribution in [0.4, 0.5) is 0 Å². The molecule has 230 valence electrons. The molecule has 0 aromatic rings. The highest BCUT2D eigenvalue weighted by molar-refractivity contribution is 5.82. The lowest BCUT2D eigenvalue weighted by atomic mass is 9.46. The molecule has 3 saturated carbocycles. The Morgan fingerprint density at radius 2 is 1.80 bits per heavy atom. The van der Waals surface area contributed by atoms with E-state index in [1.54, 1.807) is 5.57 Å². The Hall–Kier alpha value is -1.30. The molecule has 5 rings (SSSR count). The van der Waals surface area contributed by atoms with Crippen molar-refractivity contribution in [2.24, 2.45) is 40.2 Å². The number of hydrogen-bond donors (Lipinski definition) is 4. The number of allylic oxidation sites excluding steroid dienone is 3. The minimum Gasteiger partial charge on any atom is -0.333 e. The summed E-state index contributed by atoms with van der Waals surface area (Å²) in [7, 11) is 3.48. The van der Waals surface area contributed by atoms with E-state index < -0.39 is 0 Å². The van der Waals surface area contributed by atoms with Gasteiger partial charge < -0.3 is 26.6 Å². The van der Waals surface area contributed by atoms with Crippen molar-refractivity contribution in [1.29, 1.82) is 5.41 Å². The van der Waals surface area contributed by atoms with Gasteiger partial charge >= 0.3 is 0 Å². The summed E-state index contributed by atoms with van der Waals surface area (Å²) in [6.07, 6.45) is 20.0. The first-order valence-electron chi connectivity index (χ1n) is 16.6. The Morgan fingerprint density at radius 1 is 1.07 bits per heavy atom. The van der Waals surface area contributed by atoms with Crippen LogP contribution in [0.1, 0.15) is 118 Å². The van der Waals surface area contributed by atoms with Gasteiger partial charge in [-0.05, 0) is 133 Å². The van der Waals surface area contributed by atoms with Crippen LogP contribution in [0, 0.1) is 39.9 Å². The summed E-state index contributed by atoms with van der Waals surface area (Å²) < 4.78 is 0. The maximum absolute atomic E-state index is 10.5. The normalized spacial score (nSPS) is 37.5. The van der Waals surface area contributed by atoms with E-state index in [9.17, 15) is 4.79 Å². The second-order valence-corrected chi connectivity index (χ2v) is 13.3. The van der Waals surface area contributed by atoms with Crippen LogP contribution in [0.5, 0.6) is 0 Å². The lowest BCUT2D eigenvalue weighted by Crippen LogP contribution is -2.50. The third-order valence-corrected chi connectivity index (χ3v) is 11.3. The van der Waals surface area contributed by atoms with Gasteiger partial charge in [-0.15, -0.1) is 0 Å². The molecule has 0 aromatic heterocycles. The first kappa shape index (κ1) is 34.9. The van der Waals surface area contributed by atoms with E-state index in [0.29, 0.717) is 22.8 Å². The van der Waals surface area contributed by atoms with Gasteiger partial charge in [-0.2, -0.15) is 0 Å². The van der Waals surface area contributed by atoms with E-state index in [1.807, 2.05) is 20.9 Å². The lowest BCUT2D eigenvalue weighted by molar-refractivity contribution is -0.109. The number of unbranched alkanes of at least 4 members (excludes halogenated alkanes) is 1. The minimum atomic E-state index is 0.134. The van der Waals surface area contributed by atoms with Gasteiger partial charge in [-0.25, -0.2) is 0 Å². The molecule has 8 unspecified atom stereocenters. The number of rotatable bonds is 7. The molecule has 5 N–H and O–H groups in total. The van der Waals surface area contributed by atoms with Gasteiger partial charge in [-0.1, -0.05) is 57.9 Å². The predicted octanol–water partition coefficient (Wildman–Crippen LogP) is 7.46. The highest BCUT2D eigenvalue weighted by Gasteiger charge is 2.58. The number of carbonyl (C=O) groups excluding carboxylic acids is 1. The maximum atomic E-state index is 10.5. The molecule has 40 heavy (non-hydrogen) atoms. The van der Waals surface area contributed by atoms with Crippen molar-refractivity contribution in [3.8, 4) is 0 Å². The Labute approximate surface area is 247 Å². The Morgan fingerprint density at radius 3 is 2.42 bits per heavy atom. The third kappa shape index (κ3) is 7.75. The highest BCUT2D eigenvalue weighted by atomic mass is 16.1. The predicted molar refractivity (Wildman–Crippen MR) is 173 cm³/mol. The fourth-order valence-electron chi connectivity index (χ4n) is 9.24. The zero-order valence-corrected chi connectivity index (χ0v) is 27.2. The van der Waals surface area contributed by atoms with Gasteiger partial charge in [0.25, 0.3) is 0 Å². The van der Waals surface area contributed by atoms with Crippen LogP contribution in [0.3, 0.4) is 0 Å². The van der Waals surface area contributed by atoms with Crippen molar-refractivity contribution in [2.45, 2.75) is 130 Å². The first-order chi connectivity index (χ1) is 19.2. The first-order valence-corrected chi connectivity index (χ1v) is 16.6. The molecule has 8 atom stereocenters. The van der Waals surface area contributed by atoms with Crippen LogP contribution >= 0.6 is 0 Å². The average molecular weight is 557 g/mol. The lowest BCUT2D eigenvalue weighted by Gasteiger charge is -2.58. The molecule has 4 aliphatic carbocycles. The van der Waals surface area contributed by atoms with Crippen molar-refractivity contribution < 1.29 is 4.79 Å². The Bertz CT molecular complexity index is 852. The monoisotopic (exact) mass is 557 g/mol. The summed E-state index contributed by atoms with van der Waals surface area (Å²) in [5.41, 5.74) is 9.39. The number of carbonyl (C=O) groups is 1. The van der Waals surface area contributed by atoms with E-state index in [1.165, 1.54) is 89.7 Å². The van der Waals surface area contributed by atoms with E-state index in [2.05, 4.69) is 49.8 Å². The summed E-state index contributed by atoms with van der Waals surface area (Å²) >= 11 is 0. The van der Waals surface area contributed by atoms with Crippen LogP contribution in [-0.2, 0) is 4.79 Å². The molecule has 0 bridgehead atoms. The van der Waals surface area contributed by atoms with Crippen LogP contribution in [0.2, 0.25) is 0 Å². The van der Waals surface area contributed by atoms with Gasteiger partial charge in [0.15, 0.2) is 0 Å². The van der Waals surface area contributed by atoms with Crippen molar-refractivity contribution in [3.05, 3.63) is 23.8 Å². The zero-order chi connectivity index (χ0) is 29.9. The number of hydrogen-bond acceptors (Lipinski definition) is 5. The number of fused-ring (bicyclic) bond motifs is 5. The third-order valence-electron chi connectivity index (χ3n) is 11.3. The van der Waals surface area contributed by atoms with E-state index in [-0.39, 0.29) is 6.04 Å². The average Bonchev–Trinajstić information content (AvgIpc) is 3.58. The maximum Gasteiger partial charge on any atom is 0.136 e. The second kappa shape index (κ2) is 16.4. The van der Waals surface area contributed by atoms with Crippen LogP contribution in [0.15, 0.2) is 23.8 Å².